The molecule has 0 spiro atoms. The first kappa shape index (κ1) is 20.1. The molecular weight excluding hydrogens is 345 g/mol. The van der Waals surface area contributed by atoms with Crippen LogP contribution in [-0.4, -0.2) is 73.7 Å². The van der Waals surface area contributed by atoms with Gasteiger partial charge in [-0.25, -0.2) is 9.18 Å². The van der Waals surface area contributed by atoms with Crippen molar-refractivity contribution in [1.29, 1.82) is 0 Å². The Morgan fingerprint density at radius 2 is 1.89 bits per heavy atom. The summed E-state index contributed by atoms with van der Waals surface area (Å²) in [4.78, 5) is 18.0. The van der Waals surface area contributed by atoms with E-state index in [-0.39, 0.29) is 5.56 Å². The van der Waals surface area contributed by atoms with Crippen molar-refractivity contribution < 1.29 is 14.3 Å². The molecule has 1 saturated carbocycles. The molecule has 1 aromatic rings. The zero-order chi connectivity index (χ0) is 19.4. The lowest BCUT2D eigenvalue weighted by Gasteiger charge is -2.42. The maximum absolute atomic E-state index is 14.3. The van der Waals surface area contributed by atoms with Crippen molar-refractivity contribution in [3.63, 3.8) is 0 Å². The zero-order valence-electron chi connectivity index (χ0n) is 16.5. The number of carboxylic acid groups (broad SMARTS) is 1. The number of carboxylic acids is 1. The van der Waals surface area contributed by atoms with Gasteiger partial charge in [0, 0.05) is 38.8 Å². The molecule has 5 nitrogen and oxygen atoms in total. The predicted octanol–water partition coefficient (Wildman–Crippen LogP) is 3.16. The van der Waals surface area contributed by atoms with E-state index in [1.807, 2.05) is 0 Å². The third-order valence-corrected chi connectivity index (χ3v) is 6.07. The van der Waals surface area contributed by atoms with E-state index in [2.05, 4.69) is 28.8 Å². The molecule has 150 valence electrons. The van der Waals surface area contributed by atoms with E-state index in [4.69, 9.17) is 5.11 Å². The van der Waals surface area contributed by atoms with E-state index in [0.29, 0.717) is 11.6 Å². The van der Waals surface area contributed by atoms with Gasteiger partial charge in [-0.05, 0) is 63.9 Å². The van der Waals surface area contributed by atoms with E-state index >= 15 is 0 Å². The molecule has 3 rings (SSSR count). The van der Waals surface area contributed by atoms with Crippen LogP contribution in [0.4, 0.5) is 10.1 Å². The lowest BCUT2D eigenvalue weighted by atomic mass is 9.89. The molecular formula is C21H32FN3O2. The predicted molar refractivity (Wildman–Crippen MR) is 106 cm³/mol. The number of hydrogen-bond acceptors (Lipinski definition) is 4. The summed E-state index contributed by atoms with van der Waals surface area (Å²) < 4.78 is 14.3. The summed E-state index contributed by atoms with van der Waals surface area (Å²) in [5.74, 6) is -0.867. The first-order valence-electron chi connectivity index (χ1n) is 10.1. The number of piperidine rings is 1. The second-order valence-electron chi connectivity index (χ2n) is 8.28. The molecule has 1 N–H and O–H groups in total. The minimum atomic E-state index is -1.09. The molecule has 0 unspecified atom stereocenters. The van der Waals surface area contributed by atoms with E-state index in [0.717, 1.165) is 57.7 Å². The fourth-order valence-electron chi connectivity index (χ4n) is 4.09. The van der Waals surface area contributed by atoms with Crippen LogP contribution in [0.5, 0.6) is 0 Å². The molecule has 1 saturated heterocycles. The molecule has 1 aromatic carbocycles. The van der Waals surface area contributed by atoms with Crippen LogP contribution in [0.2, 0.25) is 0 Å². The summed E-state index contributed by atoms with van der Waals surface area (Å²) in [6, 6.07) is 4.98. The van der Waals surface area contributed by atoms with Crippen molar-refractivity contribution in [3.8, 4) is 0 Å². The molecule has 6 heteroatoms. The molecule has 0 atom stereocenters. The summed E-state index contributed by atoms with van der Waals surface area (Å²) in [6.07, 6.45) is 6.13. The van der Waals surface area contributed by atoms with Gasteiger partial charge in [-0.3, -0.25) is 4.90 Å². The highest BCUT2D eigenvalue weighted by atomic mass is 19.1. The number of hydrogen-bond donors (Lipinski definition) is 1. The number of nitrogens with zero attached hydrogens (tertiary/aromatic N) is 3. The van der Waals surface area contributed by atoms with Crippen LogP contribution in [0.15, 0.2) is 18.2 Å². The number of halogens is 1. The quantitative estimate of drug-likeness (QED) is 0.754. The highest BCUT2D eigenvalue weighted by molar-refractivity contribution is 5.88. The highest BCUT2D eigenvalue weighted by Crippen LogP contribution is 2.30. The van der Waals surface area contributed by atoms with Gasteiger partial charge in [-0.15, -0.1) is 0 Å². The summed E-state index contributed by atoms with van der Waals surface area (Å²) in [5.41, 5.74) is 0.532. The molecule has 0 amide bonds. The molecule has 0 aromatic heterocycles. The van der Waals surface area contributed by atoms with Crippen LogP contribution in [0.25, 0.3) is 0 Å². The van der Waals surface area contributed by atoms with E-state index in [9.17, 15) is 9.18 Å². The largest absolute Gasteiger partial charge is 0.478 e. The van der Waals surface area contributed by atoms with E-state index in [1.165, 1.54) is 25.3 Å². The van der Waals surface area contributed by atoms with Gasteiger partial charge >= 0.3 is 5.97 Å². The van der Waals surface area contributed by atoms with Crippen LogP contribution in [0, 0.1) is 11.7 Å². The summed E-state index contributed by atoms with van der Waals surface area (Å²) >= 11 is 0. The number of benzene rings is 1. The van der Waals surface area contributed by atoms with Crippen molar-refractivity contribution in [2.24, 2.45) is 5.92 Å². The van der Waals surface area contributed by atoms with Crippen molar-refractivity contribution in [1.82, 2.24) is 9.80 Å². The maximum atomic E-state index is 14.3. The van der Waals surface area contributed by atoms with E-state index < -0.39 is 11.8 Å². The second-order valence-corrected chi connectivity index (χ2v) is 8.28. The molecule has 27 heavy (non-hydrogen) atoms. The SMILES string of the molecule is CN(C)CCN(CC1CCN(c2ccc(C(=O)O)cc2F)CC1)C1CCC1. The van der Waals surface area contributed by atoms with Crippen LogP contribution in [0.1, 0.15) is 42.5 Å². The second kappa shape index (κ2) is 9.02. The Labute approximate surface area is 161 Å². The van der Waals surface area contributed by atoms with Crippen molar-refractivity contribution >= 4 is 11.7 Å². The van der Waals surface area contributed by atoms with Crippen molar-refractivity contribution in [3.05, 3.63) is 29.6 Å². The highest BCUT2D eigenvalue weighted by Gasteiger charge is 2.29. The molecule has 2 fully saturated rings. The maximum Gasteiger partial charge on any atom is 0.335 e. The molecule has 0 radical (unpaired) electrons. The first-order chi connectivity index (χ1) is 12.9. The Bertz CT molecular complexity index is 640. The van der Waals surface area contributed by atoms with Gasteiger partial charge < -0.3 is 14.9 Å². The van der Waals surface area contributed by atoms with Crippen LogP contribution < -0.4 is 4.90 Å². The molecule has 1 aliphatic carbocycles. The smallest absolute Gasteiger partial charge is 0.335 e. The van der Waals surface area contributed by atoms with Crippen LogP contribution in [0.3, 0.4) is 0 Å². The van der Waals surface area contributed by atoms with Gasteiger partial charge in [0.05, 0.1) is 11.3 Å². The topological polar surface area (TPSA) is 47.0 Å². The monoisotopic (exact) mass is 377 g/mol. The average Bonchev–Trinajstić information content (AvgIpc) is 2.58. The third-order valence-electron chi connectivity index (χ3n) is 6.07. The first-order valence-corrected chi connectivity index (χ1v) is 10.1. The lowest BCUT2D eigenvalue weighted by Crippen LogP contribution is -2.47. The van der Waals surface area contributed by atoms with Gasteiger partial charge in [0.25, 0.3) is 0 Å². The summed E-state index contributed by atoms with van der Waals surface area (Å²) in [6.45, 7) is 5.03. The van der Waals surface area contributed by atoms with Crippen LogP contribution >= 0.6 is 0 Å². The third kappa shape index (κ3) is 5.20. The van der Waals surface area contributed by atoms with Gasteiger partial charge in [0.15, 0.2) is 0 Å². The number of likely N-dealkylation sites (N-methyl/N-ethyl adjacent to an activating group) is 1. The summed E-state index contributed by atoms with van der Waals surface area (Å²) in [7, 11) is 4.25. The van der Waals surface area contributed by atoms with Gasteiger partial charge in [-0.2, -0.15) is 0 Å². The Morgan fingerprint density at radius 3 is 2.41 bits per heavy atom. The van der Waals surface area contributed by atoms with Gasteiger partial charge in [0.2, 0.25) is 0 Å². The fraction of sp³-hybridized carbons (Fsp3) is 0.667. The summed E-state index contributed by atoms with van der Waals surface area (Å²) in [5, 5.41) is 8.99. The number of carbonyl (C=O) groups is 1. The number of aromatic carboxylic acids is 1. The minimum absolute atomic E-state index is 0.00293. The standard InChI is InChI=1S/C21H32FN3O2/c1-23(2)12-13-25(18-4-3-5-18)15-16-8-10-24(11-9-16)20-7-6-17(21(26)27)14-19(20)22/h6-7,14,16,18H,3-5,8-13,15H2,1-2H3,(H,26,27). The minimum Gasteiger partial charge on any atom is -0.478 e. The fourth-order valence-corrected chi connectivity index (χ4v) is 4.09. The molecule has 0 bridgehead atoms. The molecule has 1 aliphatic heterocycles. The van der Waals surface area contributed by atoms with Gasteiger partial charge in [-0.1, -0.05) is 6.42 Å². The lowest BCUT2D eigenvalue weighted by molar-refractivity contribution is 0.0696. The van der Waals surface area contributed by atoms with Crippen molar-refractivity contribution in [2.45, 2.75) is 38.1 Å². The van der Waals surface area contributed by atoms with E-state index in [1.54, 1.807) is 6.07 Å². The number of anilines is 1. The Kier molecular flexibility index (Phi) is 6.71. The Morgan fingerprint density at radius 1 is 1.19 bits per heavy atom. The normalized spacial score (nSPS) is 18.9. The Hall–Kier alpha value is -1.66. The van der Waals surface area contributed by atoms with Crippen molar-refractivity contribution in [2.75, 3.05) is 51.7 Å². The van der Waals surface area contributed by atoms with Gasteiger partial charge in [0.1, 0.15) is 5.82 Å². The Balaban J connectivity index is 1.54. The molecule has 1 heterocycles. The zero-order valence-corrected chi connectivity index (χ0v) is 16.5. The van der Waals surface area contributed by atoms with Crippen LogP contribution in [-0.2, 0) is 0 Å². The number of rotatable bonds is 8. The molecule has 2 aliphatic rings. The average molecular weight is 378 g/mol.